The van der Waals surface area contributed by atoms with Crippen molar-refractivity contribution in [3.8, 4) is 11.1 Å². The largest absolute Gasteiger partial charge is 0.444 e. The second-order valence-electron chi connectivity index (χ2n) is 12.2. The molecule has 2 aromatic carbocycles. The zero-order valence-electron chi connectivity index (χ0n) is 25.8. The van der Waals surface area contributed by atoms with Gasteiger partial charge in [-0.25, -0.2) is 9.59 Å². The molecule has 1 heterocycles. The van der Waals surface area contributed by atoms with Crippen LogP contribution in [0.15, 0.2) is 60.0 Å². The molecule has 0 aliphatic carbocycles. The molecule has 2 amide bonds. The number of carbonyl (C=O) groups is 3. The Hall–Kier alpha value is -4.37. The van der Waals surface area contributed by atoms with Crippen molar-refractivity contribution in [1.82, 2.24) is 9.88 Å². The van der Waals surface area contributed by atoms with Crippen LogP contribution in [0.4, 0.5) is 15.3 Å². The topological polar surface area (TPSA) is 116 Å². The molecule has 0 saturated carbocycles. The first kappa shape index (κ1) is 33.1. The Kier molecular flexibility index (Phi) is 9.92. The molecule has 0 saturated heterocycles. The first-order valence-corrected chi connectivity index (χ1v) is 14.0. The molecule has 0 bridgehead atoms. The first-order chi connectivity index (χ1) is 19.8. The summed E-state index contributed by atoms with van der Waals surface area (Å²) in [6.07, 6.45) is 0.161. The van der Waals surface area contributed by atoms with Gasteiger partial charge >= 0.3 is 12.2 Å². The lowest BCUT2D eigenvalue weighted by molar-refractivity contribution is 0.0522. The third-order valence-corrected chi connectivity index (χ3v) is 6.37. The summed E-state index contributed by atoms with van der Waals surface area (Å²) in [4.78, 5) is 51.7. The third kappa shape index (κ3) is 9.06. The monoisotopic (exact) mass is 607 g/mol. The Bertz CT molecular complexity index is 1630. The average molecular weight is 608 g/mol. The lowest BCUT2D eigenvalue weighted by Crippen LogP contribution is -2.32. The van der Waals surface area contributed by atoms with Crippen molar-refractivity contribution in [1.29, 1.82) is 0 Å². The maximum absolute atomic E-state index is 13.9. The second-order valence-corrected chi connectivity index (χ2v) is 12.6. The molecule has 0 spiro atoms. The van der Waals surface area contributed by atoms with Crippen LogP contribution in [-0.2, 0) is 23.1 Å². The summed E-state index contributed by atoms with van der Waals surface area (Å²) in [6, 6.07) is 11.4. The molecular formula is C33H38ClN3O6. The van der Waals surface area contributed by atoms with Crippen molar-refractivity contribution in [2.24, 2.45) is 7.05 Å². The van der Waals surface area contributed by atoms with Gasteiger partial charge in [0.05, 0.1) is 10.7 Å². The number of nitrogens with one attached hydrogen (secondary N) is 2. The molecule has 0 unspecified atom stereocenters. The highest BCUT2D eigenvalue weighted by atomic mass is 35.5. The van der Waals surface area contributed by atoms with Gasteiger partial charge in [0.25, 0.3) is 5.56 Å². The van der Waals surface area contributed by atoms with Gasteiger partial charge in [0, 0.05) is 42.5 Å². The highest BCUT2D eigenvalue weighted by Crippen LogP contribution is 2.36. The van der Waals surface area contributed by atoms with Gasteiger partial charge in [0.15, 0.2) is 5.78 Å². The number of hydrogen-bond acceptors (Lipinski definition) is 6. The standard InChI is InChI=1S/C33H38ClN3O6/c1-19(2)20-10-12-21(13-11-20)29(39)24-15-26(34)27(36-31(41)43-33(6,7)8)16-23(24)25-18-37(9)28(38)14-22(25)17-35-30(40)42-32(3,4)5/h10-16,18H,1,17H2,2-9H3,(H,35,40)(H,36,41). The summed E-state index contributed by atoms with van der Waals surface area (Å²) in [5.41, 5.74) is 2.01. The number of rotatable bonds is 7. The van der Waals surface area contributed by atoms with Gasteiger partial charge < -0.3 is 19.4 Å². The smallest absolute Gasteiger partial charge is 0.412 e. The minimum atomic E-state index is -0.760. The van der Waals surface area contributed by atoms with Gasteiger partial charge in [0.2, 0.25) is 0 Å². The van der Waals surface area contributed by atoms with E-state index in [0.717, 1.165) is 11.1 Å². The van der Waals surface area contributed by atoms with E-state index in [0.29, 0.717) is 22.3 Å². The average Bonchev–Trinajstić information content (AvgIpc) is 2.87. The van der Waals surface area contributed by atoms with Crippen LogP contribution in [0.1, 0.15) is 75.5 Å². The molecule has 0 aliphatic heterocycles. The summed E-state index contributed by atoms with van der Waals surface area (Å²) < 4.78 is 12.1. The van der Waals surface area contributed by atoms with Crippen molar-refractivity contribution < 1.29 is 23.9 Å². The van der Waals surface area contributed by atoms with Crippen molar-refractivity contribution in [3.05, 3.63) is 92.9 Å². The fourth-order valence-electron chi connectivity index (χ4n) is 4.09. The number of allylic oxidation sites excluding steroid dienone is 1. The number of pyridine rings is 1. The zero-order valence-corrected chi connectivity index (χ0v) is 26.6. The van der Waals surface area contributed by atoms with E-state index in [1.54, 1.807) is 85.1 Å². The van der Waals surface area contributed by atoms with Crippen LogP contribution in [0, 0.1) is 0 Å². The zero-order chi connectivity index (χ0) is 32.3. The van der Waals surface area contributed by atoms with Gasteiger partial charge in [-0.1, -0.05) is 48.0 Å². The number of ketones is 1. The minimum absolute atomic E-state index is 0.0707. The lowest BCUT2D eigenvalue weighted by atomic mass is 9.91. The van der Waals surface area contributed by atoms with E-state index in [1.165, 1.54) is 16.7 Å². The number of benzene rings is 2. The van der Waals surface area contributed by atoms with E-state index in [2.05, 4.69) is 17.2 Å². The molecule has 43 heavy (non-hydrogen) atoms. The SMILES string of the molecule is C=C(C)c1ccc(C(=O)c2cc(Cl)c(NC(=O)OC(C)(C)C)cc2-c2cn(C)c(=O)cc2CNC(=O)OC(C)(C)C)cc1. The van der Waals surface area contributed by atoms with Crippen molar-refractivity contribution in [2.45, 2.75) is 66.2 Å². The van der Waals surface area contributed by atoms with Gasteiger partial charge in [-0.3, -0.25) is 14.9 Å². The number of aryl methyl sites for hydroxylation is 1. The molecule has 1 aromatic heterocycles. The second kappa shape index (κ2) is 12.9. The number of halogens is 1. The molecule has 228 valence electrons. The summed E-state index contributed by atoms with van der Waals surface area (Å²) in [5.74, 6) is -0.339. The Morgan fingerprint density at radius 1 is 0.884 bits per heavy atom. The van der Waals surface area contributed by atoms with Gasteiger partial charge in [-0.2, -0.15) is 0 Å². The molecule has 3 rings (SSSR count). The molecule has 10 heteroatoms. The predicted molar refractivity (Wildman–Crippen MR) is 170 cm³/mol. The lowest BCUT2D eigenvalue weighted by Gasteiger charge is -2.22. The summed E-state index contributed by atoms with van der Waals surface area (Å²) in [5, 5.41) is 5.43. The molecular weight excluding hydrogens is 570 g/mol. The summed E-state index contributed by atoms with van der Waals surface area (Å²) >= 11 is 6.60. The van der Waals surface area contributed by atoms with E-state index < -0.39 is 23.4 Å². The molecule has 3 aromatic rings. The van der Waals surface area contributed by atoms with Gasteiger partial charge in [-0.05, 0) is 77.3 Å². The van der Waals surface area contributed by atoms with Crippen LogP contribution in [0.25, 0.3) is 16.7 Å². The maximum atomic E-state index is 13.9. The fourth-order valence-corrected chi connectivity index (χ4v) is 4.30. The van der Waals surface area contributed by atoms with Crippen LogP contribution in [-0.4, -0.2) is 33.7 Å². The highest BCUT2D eigenvalue weighted by Gasteiger charge is 2.24. The summed E-state index contributed by atoms with van der Waals surface area (Å²) in [7, 11) is 1.57. The van der Waals surface area contributed by atoms with Crippen LogP contribution in [0.3, 0.4) is 0 Å². The number of alkyl carbamates (subject to hydrolysis) is 1. The van der Waals surface area contributed by atoms with E-state index in [9.17, 15) is 19.2 Å². The van der Waals surface area contributed by atoms with Crippen molar-refractivity contribution >= 4 is 40.8 Å². The fraction of sp³-hybridized carbons (Fsp3) is 0.333. The molecule has 2 N–H and O–H groups in total. The third-order valence-electron chi connectivity index (χ3n) is 6.05. The molecule has 9 nitrogen and oxygen atoms in total. The number of carbonyl (C=O) groups excluding carboxylic acids is 3. The van der Waals surface area contributed by atoms with Crippen LogP contribution in [0.2, 0.25) is 5.02 Å². The van der Waals surface area contributed by atoms with Crippen molar-refractivity contribution in [2.75, 3.05) is 5.32 Å². The van der Waals surface area contributed by atoms with Gasteiger partial charge in [-0.15, -0.1) is 0 Å². The Morgan fingerprint density at radius 3 is 2.00 bits per heavy atom. The van der Waals surface area contributed by atoms with E-state index in [4.69, 9.17) is 21.1 Å². The molecule has 0 radical (unpaired) electrons. The Balaban J connectivity index is 2.19. The number of aromatic nitrogens is 1. The number of hydrogen-bond donors (Lipinski definition) is 2. The number of amides is 2. The molecule has 0 aliphatic rings. The highest BCUT2D eigenvalue weighted by molar-refractivity contribution is 6.34. The maximum Gasteiger partial charge on any atom is 0.412 e. The number of ether oxygens (including phenoxy) is 2. The van der Waals surface area contributed by atoms with Crippen molar-refractivity contribution in [3.63, 3.8) is 0 Å². The van der Waals surface area contributed by atoms with E-state index >= 15 is 0 Å². The quantitative estimate of drug-likeness (QED) is 0.271. The number of nitrogens with zero attached hydrogens (tertiary/aromatic N) is 1. The summed E-state index contributed by atoms with van der Waals surface area (Å²) in [6.45, 7) is 16.2. The number of anilines is 1. The first-order valence-electron chi connectivity index (χ1n) is 13.7. The van der Waals surface area contributed by atoms with Crippen LogP contribution >= 0.6 is 11.6 Å². The molecule has 0 fully saturated rings. The van der Waals surface area contributed by atoms with Crippen LogP contribution in [0.5, 0.6) is 0 Å². The van der Waals surface area contributed by atoms with E-state index in [1.807, 2.05) is 6.92 Å². The Labute approximate surface area is 256 Å². The predicted octanol–water partition coefficient (Wildman–Crippen LogP) is 7.34. The minimum Gasteiger partial charge on any atom is -0.444 e. The van der Waals surface area contributed by atoms with Crippen LogP contribution < -0.4 is 16.2 Å². The van der Waals surface area contributed by atoms with E-state index in [-0.39, 0.29) is 34.2 Å². The normalized spacial score (nSPS) is 11.5. The van der Waals surface area contributed by atoms with Gasteiger partial charge in [0.1, 0.15) is 11.2 Å². The Morgan fingerprint density at radius 2 is 1.44 bits per heavy atom. The molecule has 0 atom stereocenters.